The van der Waals surface area contributed by atoms with Crippen LogP contribution in [0.15, 0.2) is 48.5 Å². The van der Waals surface area contributed by atoms with Crippen molar-refractivity contribution in [2.45, 2.75) is 45.8 Å². The number of benzene rings is 2. The molecule has 0 aliphatic rings. The summed E-state index contributed by atoms with van der Waals surface area (Å²) in [6.07, 6.45) is -0.717. The van der Waals surface area contributed by atoms with E-state index < -0.39 is 6.10 Å². The fraction of sp³-hybridized carbons (Fsp3) is 0.350. The Morgan fingerprint density at radius 2 is 1.48 bits per heavy atom. The molecule has 1 N–H and O–H groups in total. The number of rotatable bonds is 4. The second-order valence-electron chi connectivity index (χ2n) is 6.65. The molecule has 2 aromatic carbocycles. The van der Waals surface area contributed by atoms with Crippen LogP contribution in [0.3, 0.4) is 0 Å². The molecule has 0 fully saturated rings. The number of aliphatic hydroxyl groups is 1. The van der Waals surface area contributed by atoms with Crippen molar-refractivity contribution in [1.29, 1.82) is 0 Å². The number of para-hydroxylation sites is 2. The number of hydrogen-bond donors (Lipinski definition) is 1. The molecule has 0 amide bonds. The van der Waals surface area contributed by atoms with Crippen LogP contribution in [0.4, 0.5) is 0 Å². The van der Waals surface area contributed by atoms with Crippen molar-refractivity contribution in [2.75, 3.05) is 0 Å². The van der Waals surface area contributed by atoms with E-state index in [1.165, 1.54) is 5.56 Å². The first-order valence-corrected chi connectivity index (χ1v) is 8.23. The van der Waals surface area contributed by atoms with E-state index in [-0.39, 0.29) is 6.04 Å². The van der Waals surface area contributed by atoms with Gasteiger partial charge in [0.25, 0.3) is 0 Å². The molecule has 1 atom stereocenters. The lowest BCUT2D eigenvalue weighted by Crippen LogP contribution is -2.12. The first-order valence-electron chi connectivity index (χ1n) is 8.23. The quantitative estimate of drug-likeness (QED) is 0.750. The maximum Gasteiger partial charge on any atom is 0.143 e. The lowest BCUT2D eigenvalue weighted by molar-refractivity contribution is 0.203. The van der Waals surface area contributed by atoms with Gasteiger partial charge in [-0.15, -0.1) is 0 Å². The first kappa shape index (κ1) is 15.8. The van der Waals surface area contributed by atoms with Gasteiger partial charge in [0, 0.05) is 6.04 Å². The standard InChI is InChI=1S/C20H24N2O/c1-13(2)15-9-11-16(12-10-15)19(23)20-21-17-7-5-6-8-18(17)22(20)14(3)4/h5-14,19,23H,1-4H3. The molecule has 0 radical (unpaired) electrons. The molecular formula is C20H24N2O. The number of imidazole rings is 1. The maximum atomic E-state index is 10.9. The molecule has 0 bridgehead atoms. The van der Waals surface area contributed by atoms with Crippen LogP contribution < -0.4 is 0 Å². The van der Waals surface area contributed by atoms with E-state index >= 15 is 0 Å². The van der Waals surface area contributed by atoms with Crippen LogP contribution in [-0.4, -0.2) is 14.7 Å². The van der Waals surface area contributed by atoms with E-state index in [0.717, 1.165) is 16.6 Å². The van der Waals surface area contributed by atoms with Crippen LogP contribution in [0.5, 0.6) is 0 Å². The van der Waals surface area contributed by atoms with Crippen molar-refractivity contribution in [3.8, 4) is 0 Å². The minimum atomic E-state index is -0.717. The molecule has 0 saturated carbocycles. The molecule has 23 heavy (non-hydrogen) atoms. The molecule has 1 unspecified atom stereocenters. The van der Waals surface area contributed by atoms with Gasteiger partial charge in [0.05, 0.1) is 11.0 Å². The molecule has 0 aliphatic heterocycles. The van der Waals surface area contributed by atoms with Gasteiger partial charge in [0.1, 0.15) is 11.9 Å². The normalized spacial score (nSPS) is 13.2. The Kier molecular flexibility index (Phi) is 4.22. The number of aromatic nitrogens is 2. The molecule has 3 aromatic rings. The van der Waals surface area contributed by atoms with E-state index in [9.17, 15) is 5.11 Å². The second-order valence-corrected chi connectivity index (χ2v) is 6.65. The molecular weight excluding hydrogens is 284 g/mol. The Bertz CT molecular complexity index is 800. The molecule has 3 nitrogen and oxygen atoms in total. The summed E-state index contributed by atoms with van der Waals surface area (Å²) in [6, 6.07) is 16.5. The number of aliphatic hydroxyl groups excluding tert-OH is 1. The molecule has 1 heterocycles. The number of nitrogens with zero attached hydrogens (tertiary/aromatic N) is 2. The Balaban J connectivity index is 2.06. The SMILES string of the molecule is CC(C)c1ccc(C(O)c2nc3ccccc3n2C(C)C)cc1. The summed E-state index contributed by atoms with van der Waals surface area (Å²) < 4.78 is 2.12. The molecule has 0 spiro atoms. The fourth-order valence-corrected chi connectivity index (χ4v) is 3.01. The van der Waals surface area contributed by atoms with E-state index in [0.29, 0.717) is 11.7 Å². The van der Waals surface area contributed by atoms with Crippen LogP contribution in [0, 0.1) is 0 Å². The van der Waals surface area contributed by atoms with E-state index in [1.54, 1.807) is 0 Å². The highest BCUT2D eigenvalue weighted by atomic mass is 16.3. The zero-order chi connectivity index (χ0) is 16.6. The van der Waals surface area contributed by atoms with Crippen LogP contribution >= 0.6 is 0 Å². The van der Waals surface area contributed by atoms with Gasteiger partial charge in [0.15, 0.2) is 0 Å². The summed E-state index contributed by atoms with van der Waals surface area (Å²) in [5.41, 5.74) is 4.15. The Morgan fingerprint density at radius 3 is 2.09 bits per heavy atom. The van der Waals surface area contributed by atoms with Crippen LogP contribution in [0.25, 0.3) is 11.0 Å². The summed E-state index contributed by atoms with van der Waals surface area (Å²) in [4.78, 5) is 4.68. The average molecular weight is 308 g/mol. The summed E-state index contributed by atoms with van der Waals surface area (Å²) in [5, 5.41) is 10.9. The third kappa shape index (κ3) is 2.89. The highest BCUT2D eigenvalue weighted by Crippen LogP contribution is 2.29. The maximum absolute atomic E-state index is 10.9. The topological polar surface area (TPSA) is 38.1 Å². The smallest absolute Gasteiger partial charge is 0.143 e. The molecule has 0 saturated heterocycles. The average Bonchev–Trinajstić information content (AvgIpc) is 2.93. The molecule has 120 valence electrons. The van der Waals surface area contributed by atoms with E-state index in [4.69, 9.17) is 0 Å². The number of fused-ring (bicyclic) bond motifs is 1. The monoisotopic (exact) mass is 308 g/mol. The van der Waals surface area contributed by atoms with Gasteiger partial charge >= 0.3 is 0 Å². The Hall–Kier alpha value is -2.13. The van der Waals surface area contributed by atoms with Gasteiger partial charge in [-0.25, -0.2) is 4.98 Å². The minimum Gasteiger partial charge on any atom is -0.380 e. The van der Waals surface area contributed by atoms with Crippen LogP contribution in [0.2, 0.25) is 0 Å². The predicted octanol–water partition coefficient (Wildman–Crippen LogP) is 4.82. The van der Waals surface area contributed by atoms with Crippen LogP contribution in [0.1, 0.15) is 62.7 Å². The summed E-state index contributed by atoms with van der Waals surface area (Å²) in [5.74, 6) is 1.19. The van der Waals surface area contributed by atoms with Crippen molar-refractivity contribution < 1.29 is 5.11 Å². The Morgan fingerprint density at radius 1 is 0.870 bits per heavy atom. The van der Waals surface area contributed by atoms with Crippen molar-refractivity contribution in [3.63, 3.8) is 0 Å². The molecule has 3 rings (SSSR count). The molecule has 0 aliphatic carbocycles. The van der Waals surface area contributed by atoms with Gasteiger partial charge in [-0.05, 0) is 43.0 Å². The van der Waals surface area contributed by atoms with Crippen molar-refractivity contribution in [1.82, 2.24) is 9.55 Å². The van der Waals surface area contributed by atoms with Crippen molar-refractivity contribution in [2.24, 2.45) is 0 Å². The molecule has 1 aromatic heterocycles. The van der Waals surface area contributed by atoms with E-state index in [2.05, 4.69) is 55.4 Å². The van der Waals surface area contributed by atoms with Gasteiger partial charge in [-0.2, -0.15) is 0 Å². The summed E-state index contributed by atoms with van der Waals surface area (Å²) in [6.45, 7) is 8.58. The zero-order valence-electron chi connectivity index (χ0n) is 14.2. The van der Waals surface area contributed by atoms with Crippen LogP contribution in [-0.2, 0) is 0 Å². The summed E-state index contributed by atoms with van der Waals surface area (Å²) in [7, 11) is 0. The van der Waals surface area contributed by atoms with Gasteiger partial charge in [-0.3, -0.25) is 0 Å². The Labute approximate surface area is 137 Å². The van der Waals surface area contributed by atoms with E-state index in [1.807, 2.05) is 30.3 Å². The second kappa shape index (κ2) is 6.17. The van der Waals surface area contributed by atoms with Gasteiger partial charge in [-0.1, -0.05) is 50.2 Å². The fourth-order valence-electron chi connectivity index (χ4n) is 3.01. The third-order valence-electron chi connectivity index (χ3n) is 4.30. The third-order valence-corrected chi connectivity index (χ3v) is 4.30. The largest absolute Gasteiger partial charge is 0.380 e. The predicted molar refractivity (Wildman–Crippen MR) is 94.7 cm³/mol. The summed E-state index contributed by atoms with van der Waals surface area (Å²) >= 11 is 0. The highest BCUT2D eigenvalue weighted by molar-refractivity contribution is 5.76. The lowest BCUT2D eigenvalue weighted by Gasteiger charge is -2.17. The zero-order valence-corrected chi connectivity index (χ0v) is 14.2. The minimum absolute atomic E-state index is 0.238. The number of hydrogen-bond acceptors (Lipinski definition) is 2. The van der Waals surface area contributed by atoms with Crippen molar-refractivity contribution >= 4 is 11.0 Å². The van der Waals surface area contributed by atoms with Crippen molar-refractivity contribution in [3.05, 3.63) is 65.5 Å². The highest BCUT2D eigenvalue weighted by Gasteiger charge is 2.21. The van der Waals surface area contributed by atoms with Gasteiger partial charge in [0.2, 0.25) is 0 Å². The van der Waals surface area contributed by atoms with Gasteiger partial charge < -0.3 is 9.67 Å². The molecule has 3 heteroatoms. The lowest BCUT2D eigenvalue weighted by atomic mass is 10.00. The first-order chi connectivity index (χ1) is 11.0.